The third kappa shape index (κ3) is 2.45. The van der Waals surface area contributed by atoms with Crippen molar-refractivity contribution in [3.63, 3.8) is 0 Å². The van der Waals surface area contributed by atoms with Gasteiger partial charge in [-0.3, -0.25) is 4.21 Å². The van der Waals surface area contributed by atoms with Gasteiger partial charge in [0, 0.05) is 10.6 Å². The van der Waals surface area contributed by atoms with Crippen LogP contribution in [0.4, 0.5) is 5.69 Å². The standard InChI is InChI=1S/C11H10ClNOS2/c12-9-4-1-5-10(13)11(9)16(14)7-8-3-2-6-15-8/h1-6H,7,13H2. The number of thiophene rings is 1. The summed E-state index contributed by atoms with van der Waals surface area (Å²) in [5, 5.41) is 2.43. The van der Waals surface area contributed by atoms with Crippen molar-refractivity contribution in [2.24, 2.45) is 0 Å². The zero-order valence-electron chi connectivity index (χ0n) is 8.35. The second-order valence-electron chi connectivity index (χ2n) is 3.23. The molecule has 2 nitrogen and oxygen atoms in total. The molecule has 1 atom stereocenters. The van der Waals surface area contributed by atoms with Crippen molar-refractivity contribution in [2.75, 3.05) is 5.73 Å². The highest BCUT2D eigenvalue weighted by atomic mass is 35.5. The maximum atomic E-state index is 12.1. The Morgan fingerprint density at radius 2 is 2.12 bits per heavy atom. The number of nitrogen functional groups attached to an aromatic ring is 1. The summed E-state index contributed by atoms with van der Waals surface area (Å²) in [5.41, 5.74) is 6.27. The van der Waals surface area contributed by atoms with E-state index in [0.717, 1.165) is 4.88 Å². The molecule has 1 aromatic carbocycles. The average molecular weight is 272 g/mol. The first kappa shape index (κ1) is 11.6. The Labute approximate surface area is 106 Å². The molecule has 0 bridgehead atoms. The third-order valence-corrected chi connectivity index (χ3v) is 5.05. The highest BCUT2D eigenvalue weighted by molar-refractivity contribution is 7.84. The molecule has 1 unspecified atom stereocenters. The Morgan fingerprint density at radius 1 is 1.31 bits per heavy atom. The van der Waals surface area contributed by atoms with Crippen molar-refractivity contribution in [1.29, 1.82) is 0 Å². The molecular formula is C11H10ClNOS2. The number of benzene rings is 1. The molecule has 1 aromatic heterocycles. The van der Waals surface area contributed by atoms with E-state index in [4.69, 9.17) is 17.3 Å². The van der Waals surface area contributed by atoms with Crippen LogP contribution in [0.25, 0.3) is 0 Å². The fraction of sp³-hybridized carbons (Fsp3) is 0.0909. The van der Waals surface area contributed by atoms with Gasteiger partial charge in [-0.2, -0.15) is 0 Å². The summed E-state index contributed by atoms with van der Waals surface area (Å²) in [6.07, 6.45) is 0. The normalized spacial score (nSPS) is 12.6. The van der Waals surface area contributed by atoms with E-state index in [0.29, 0.717) is 21.4 Å². The highest BCUT2D eigenvalue weighted by Gasteiger charge is 2.13. The van der Waals surface area contributed by atoms with Crippen molar-refractivity contribution in [1.82, 2.24) is 0 Å². The van der Waals surface area contributed by atoms with Crippen molar-refractivity contribution in [3.8, 4) is 0 Å². The van der Waals surface area contributed by atoms with Crippen molar-refractivity contribution in [2.45, 2.75) is 10.6 Å². The lowest BCUT2D eigenvalue weighted by Gasteiger charge is -2.06. The Bertz CT molecular complexity index is 490. The smallest absolute Gasteiger partial charge is 0.0807 e. The zero-order chi connectivity index (χ0) is 11.5. The minimum absolute atomic E-state index is 0.464. The van der Waals surface area contributed by atoms with E-state index in [-0.39, 0.29) is 0 Å². The lowest BCUT2D eigenvalue weighted by Crippen LogP contribution is -2.00. The van der Waals surface area contributed by atoms with Crippen LogP contribution in [-0.2, 0) is 16.6 Å². The number of halogens is 1. The van der Waals surface area contributed by atoms with E-state index in [2.05, 4.69) is 0 Å². The average Bonchev–Trinajstić information content (AvgIpc) is 2.70. The number of anilines is 1. The number of rotatable bonds is 3. The molecule has 84 valence electrons. The van der Waals surface area contributed by atoms with Gasteiger partial charge in [-0.25, -0.2) is 0 Å². The summed E-state index contributed by atoms with van der Waals surface area (Å²) in [5.74, 6) is 0.464. The van der Waals surface area contributed by atoms with Gasteiger partial charge in [0.25, 0.3) is 0 Å². The van der Waals surface area contributed by atoms with Crippen LogP contribution in [-0.4, -0.2) is 4.21 Å². The Morgan fingerprint density at radius 3 is 2.75 bits per heavy atom. The van der Waals surface area contributed by atoms with E-state index < -0.39 is 10.8 Å². The van der Waals surface area contributed by atoms with E-state index >= 15 is 0 Å². The fourth-order valence-corrected chi connectivity index (χ4v) is 4.00. The molecule has 0 saturated heterocycles. The molecule has 0 saturated carbocycles. The Kier molecular flexibility index (Phi) is 3.63. The first-order valence-corrected chi connectivity index (χ1v) is 7.21. The first-order valence-electron chi connectivity index (χ1n) is 4.63. The van der Waals surface area contributed by atoms with Gasteiger partial charge in [-0.15, -0.1) is 11.3 Å². The number of nitrogens with two attached hydrogens (primary N) is 1. The summed E-state index contributed by atoms with van der Waals surface area (Å²) in [7, 11) is -1.18. The van der Waals surface area contributed by atoms with Gasteiger partial charge in [0.05, 0.1) is 26.5 Å². The van der Waals surface area contributed by atoms with Crippen LogP contribution in [0.15, 0.2) is 40.6 Å². The molecule has 2 aromatic rings. The molecule has 0 aliphatic heterocycles. The minimum Gasteiger partial charge on any atom is -0.398 e. The van der Waals surface area contributed by atoms with Gasteiger partial charge in [-0.1, -0.05) is 23.7 Å². The third-order valence-electron chi connectivity index (χ3n) is 2.08. The van der Waals surface area contributed by atoms with Crippen LogP contribution >= 0.6 is 22.9 Å². The molecule has 2 rings (SSSR count). The Hall–Kier alpha value is -0.840. The van der Waals surface area contributed by atoms with E-state index in [1.54, 1.807) is 29.5 Å². The summed E-state index contributed by atoms with van der Waals surface area (Å²) < 4.78 is 12.1. The van der Waals surface area contributed by atoms with Gasteiger partial charge in [0.15, 0.2) is 0 Å². The van der Waals surface area contributed by atoms with Crippen LogP contribution < -0.4 is 5.73 Å². The van der Waals surface area contributed by atoms with Gasteiger partial charge >= 0.3 is 0 Å². The molecule has 0 spiro atoms. The topological polar surface area (TPSA) is 43.1 Å². The predicted octanol–water partition coefficient (Wildman–Crippen LogP) is 3.29. The van der Waals surface area contributed by atoms with E-state index in [1.807, 2.05) is 17.5 Å². The van der Waals surface area contributed by atoms with Crippen molar-refractivity contribution < 1.29 is 4.21 Å². The summed E-state index contributed by atoms with van der Waals surface area (Å²) in [6.45, 7) is 0. The van der Waals surface area contributed by atoms with Crippen molar-refractivity contribution in [3.05, 3.63) is 45.6 Å². The number of hydrogen-bond acceptors (Lipinski definition) is 3. The predicted molar refractivity (Wildman–Crippen MR) is 70.3 cm³/mol. The molecule has 16 heavy (non-hydrogen) atoms. The van der Waals surface area contributed by atoms with E-state index in [9.17, 15) is 4.21 Å². The largest absolute Gasteiger partial charge is 0.398 e. The summed E-state index contributed by atoms with van der Waals surface area (Å²) in [6, 6.07) is 9.07. The van der Waals surface area contributed by atoms with E-state index in [1.165, 1.54) is 0 Å². The van der Waals surface area contributed by atoms with Crippen LogP contribution in [0.5, 0.6) is 0 Å². The summed E-state index contributed by atoms with van der Waals surface area (Å²) in [4.78, 5) is 1.61. The lowest BCUT2D eigenvalue weighted by atomic mass is 10.3. The zero-order valence-corrected chi connectivity index (χ0v) is 10.7. The van der Waals surface area contributed by atoms with Gasteiger partial charge in [0.2, 0.25) is 0 Å². The highest BCUT2D eigenvalue weighted by Crippen LogP contribution is 2.27. The van der Waals surface area contributed by atoms with Gasteiger partial charge in [-0.05, 0) is 23.6 Å². The van der Waals surface area contributed by atoms with Crippen LogP contribution in [0.2, 0.25) is 5.02 Å². The maximum absolute atomic E-state index is 12.1. The molecular weight excluding hydrogens is 262 g/mol. The first-order chi connectivity index (χ1) is 7.68. The molecule has 0 radical (unpaired) electrons. The Balaban J connectivity index is 2.28. The second kappa shape index (κ2) is 4.99. The maximum Gasteiger partial charge on any atom is 0.0807 e. The molecule has 5 heteroatoms. The van der Waals surface area contributed by atoms with Gasteiger partial charge in [0.1, 0.15) is 0 Å². The second-order valence-corrected chi connectivity index (χ2v) is 6.05. The monoisotopic (exact) mass is 271 g/mol. The lowest BCUT2D eigenvalue weighted by molar-refractivity contribution is 0.683. The number of hydrogen-bond donors (Lipinski definition) is 1. The molecule has 2 N–H and O–H groups in total. The molecule has 1 heterocycles. The van der Waals surface area contributed by atoms with Crippen LogP contribution in [0.3, 0.4) is 0 Å². The molecule has 0 amide bonds. The minimum atomic E-state index is -1.18. The van der Waals surface area contributed by atoms with Crippen molar-refractivity contribution >= 4 is 39.4 Å². The quantitative estimate of drug-likeness (QED) is 0.871. The molecule has 0 aliphatic rings. The van der Waals surface area contributed by atoms with Crippen LogP contribution in [0, 0.1) is 0 Å². The summed E-state index contributed by atoms with van der Waals surface area (Å²) >= 11 is 7.58. The SMILES string of the molecule is Nc1cccc(Cl)c1S(=O)Cc1cccs1. The van der Waals surface area contributed by atoms with Crippen LogP contribution in [0.1, 0.15) is 4.88 Å². The molecule has 0 aliphatic carbocycles. The fourth-order valence-electron chi connectivity index (χ4n) is 1.36. The molecule has 0 fully saturated rings. The van der Waals surface area contributed by atoms with Gasteiger partial charge < -0.3 is 5.73 Å².